The minimum atomic E-state index is 0.293. The Balaban J connectivity index is 1.83. The van der Waals surface area contributed by atoms with Gasteiger partial charge in [-0.3, -0.25) is 9.80 Å². The van der Waals surface area contributed by atoms with Crippen LogP contribution >= 0.6 is 0 Å². The highest BCUT2D eigenvalue weighted by Gasteiger charge is 2.25. The molecule has 1 aliphatic rings. The molecular weight excluding hydrogens is 248 g/mol. The number of aromatic nitrogens is 1. The lowest BCUT2D eigenvalue weighted by atomic mass is 10.0. The summed E-state index contributed by atoms with van der Waals surface area (Å²) < 4.78 is 0. The first-order valence-corrected chi connectivity index (χ1v) is 7.65. The second-order valence-corrected chi connectivity index (χ2v) is 6.52. The average molecular weight is 276 g/mol. The summed E-state index contributed by atoms with van der Waals surface area (Å²) in [6.07, 6.45) is 1.99. The molecule has 0 unspecified atom stereocenters. The molecule has 0 saturated carbocycles. The summed E-state index contributed by atoms with van der Waals surface area (Å²) in [5, 5.41) is 3.23. The van der Waals surface area contributed by atoms with Gasteiger partial charge in [-0.2, -0.15) is 0 Å². The van der Waals surface area contributed by atoms with Crippen molar-refractivity contribution in [3.63, 3.8) is 0 Å². The predicted molar refractivity (Wildman–Crippen MR) is 85.0 cm³/mol. The number of nitrogens with zero attached hydrogens (tertiary/aromatic N) is 3. The van der Waals surface area contributed by atoms with Gasteiger partial charge in [-0.25, -0.2) is 4.98 Å². The normalized spacial score (nSPS) is 18.2. The topological polar surface area (TPSA) is 31.4 Å². The van der Waals surface area contributed by atoms with Crippen LogP contribution in [0.25, 0.3) is 0 Å². The van der Waals surface area contributed by atoms with Crippen molar-refractivity contribution in [3.05, 3.63) is 23.9 Å². The summed E-state index contributed by atoms with van der Waals surface area (Å²) in [6, 6.07) is 4.26. The zero-order chi connectivity index (χ0) is 14.6. The van der Waals surface area contributed by atoms with Crippen molar-refractivity contribution >= 4 is 5.82 Å². The first kappa shape index (κ1) is 15.3. The monoisotopic (exact) mass is 276 g/mol. The van der Waals surface area contributed by atoms with E-state index in [1.165, 1.54) is 5.56 Å². The highest BCUT2D eigenvalue weighted by Crippen LogP contribution is 2.17. The quantitative estimate of drug-likeness (QED) is 0.915. The van der Waals surface area contributed by atoms with Crippen LogP contribution in [0.15, 0.2) is 18.3 Å². The third kappa shape index (κ3) is 4.18. The fourth-order valence-electron chi connectivity index (χ4n) is 2.64. The maximum atomic E-state index is 4.44. The van der Waals surface area contributed by atoms with Crippen LogP contribution in [0.1, 0.15) is 33.3 Å². The van der Waals surface area contributed by atoms with Crippen LogP contribution in [0.2, 0.25) is 0 Å². The van der Waals surface area contributed by atoms with Gasteiger partial charge in [-0.1, -0.05) is 6.07 Å². The van der Waals surface area contributed by atoms with Gasteiger partial charge in [0.05, 0.1) is 0 Å². The Morgan fingerprint density at radius 2 is 1.85 bits per heavy atom. The van der Waals surface area contributed by atoms with Gasteiger partial charge in [0.15, 0.2) is 0 Å². The molecule has 4 heteroatoms. The smallest absolute Gasteiger partial charge is 0.125 e. The summed E-state index contributed by atoms with van der Waals surface area (Å²) in [6.45, 7) is 15.5. The molecule has 0 bridgehead atoms. The number of hydrogen-bond acceptors (Lipinski definition) is 4. The van der Waals surface area contributed by atoms with Crippen molar-refractivity contribution in [2.45, 2.75) is 39.8 Å². The Morgan fingerprint density at radius 1 is 1.15 bits per heavy atom. The molecule has 1 aromatic rings. The van der Waals surface area contributed by atoms with Crippen LogP contribution in [0, 0.1) is 0 Å². The van der Waals surface area contributed by atoms with E-state index in [4.69, 9.17) is 0 Å². The van der Waals surface area contributed by atoms with Crippen LogP contribution in [0.3, 0.4) is 0 Å². The third-order valence-corrected chi connectivity index (χ3v) is 3.91. The van der Waals surface area contributed by atoms with Crippen molar-refractivity contribution in [1.82, 2.24) is 14.8 Å². The fourth-order valence-corrected chi connectivity index (χ4v) is 2.64. The lowest BCUT2D eigenvalue weighted by Crippen LogP contribution is -2.53. The van der Waals surface area contributed by atoms with E-state index in [-0.39, 0.29) is 0 Å². The minimum Gasteiger partial charge on any atom is -0.370 e. The van der Waals surface area contributed by atoms with Crippen molar-refractivity contribution in [1.29, 1.82) is 0 Å². The molecule has 2 heterocycles. The van der Waals surface area contributed by atoms with Gasteiger partial charge in [-0.05, 0) is 39.3 Å². The zero-order valence-corrected chi connectivity index (χ0v) is 13.3. The van der Waals surface area contributed by atoms with Gasteiger partial charge in [0.1, 0.15) is 5.82 Å². The molecule has 0 aliphatic carbocycles. The molecule has 20 heavy (non-hydrogen) atoms. The molecule has 4 nitrogen and oxygen atoms in total. The van der Waals surface area contributed by atoms with Crippen LogP contribution in [0.4, 0.5) is 5.82 Å². The van der Waals surface area contributed by atoms with Crippen molar-refractivity contribution in [2.75, 3.05) is 38.0 Å². The van der Waals surface area contributed by atoms with Crippen molar-refractivity contribution < 1.29 is 0 Å². The van der Waals surface area contributed by atoms with E-state index in [0.29, 0.717) is 5.54 Å². The summed E-state index contributed by atoms with van der Waals surface area (Å²) >= 11 is 0. The lowest BCUT2D eigenvalue weighted by Gasteiger charge is -2.42. The molecule has 0 radical (unpaired) electrons. The van der Waals surface area contributed by atoms with Gasteiger partial charge >= 0.3 is 0 Å². The van der Waals surface area contributed by atoms with E-state index in [1.54, 1.807) is 0 Å². The molecule has 2 rings (SSSR count). The molecule has 0 aromatic carbocycles. The van der Waals surface area contributed by atoms with E-state index >= 15 is 0 Å². The van der Waals surface area contributed by atoms with Crippen LogP contribution in [0.5, 0.6) is 0 Å². The molecule has 1 fully saturated rings. The zero-order valence-electron chi connectivity index (χ0n) is 13.3. The average Bonchev–Trinajstić information content (AvgIpc) is 2.41. The Morgan fingerprint density at radius 3 is 2.35 bits per heavy atom. The molecule has 1 aromatic heterocycles. The molecule has 1 aliphatic heterocycles. The van der Waals surface area contributed by atoms with Crippen molar-refractivity contribution in [2.24, 2.45) is 0 Å². The molecule has 0 amide bonds. The number of hydrogen-bond donors (Lipinski definition) is 1. The van der Waals surface area contributed by atoms with E-state index < -0.39 is 0 Å². The highest BCUT2D eigenvalue weighted by molar-refractivity contribution is 5.35. The molecule has 0 atom stereocenters. The Kier molecular flexibility index (Phi) is 5.00. The number of nitrogens with one attached hydrogen (secondary N) is 1. The summed E-state index contributed by atoms with van der Waals surface area (Å²) in [4.78, 5) is 9.53. The Bertz CT molecular complexity index is 399. The number of piperazine rings is 1. The Hall–Kier alpha value is -1.13. The Labute approximate surface area is 123 Å². The maximum absolute atomic E-state index is 4.44. The van der Waals surface area contributed by atoms with Gasteiger partial charge in [0, 0.05) is 51.0 Å². The predicted octanol–water partition coefficient (Wildman–Crippen LogP) is 2.43. The van der Waals surface area contributed by atoms with Crippen molar-refractivity contribution in [3.8, 4) is 0 Å². The van der Waals surface area contributed by atoms with E-state index in [2.05, 4.69) is 59.9 Å². The fraction of sp³-hybridized carbons (Fsp3) is 0.688. The number of pyridine rings is 1. The number of rotatable bonds is 4. The first-order chi connectivity index (χ1) is 9.49. The lowest BCUT2D eigenvalue weighted by molar-refractivity contribution is 0.0590. The molecule has 0 spiro atoms. The SMILES string of the molecule is CCNc1ccc(CN2CCN(C(C)(C)C)CC2)cn1. The van der Waals surface area contributed by atoms with E-state index in [0.717, 1.165) is 45.1 Å². The molecule has 1 saturated heterocycles. The summed E-state index contributed by atoms with van der Waals surface area (Å²) in [5.41, 5.74) is 1.59. The number of anilines is 1. The van der Waals surface area contributed by atoms with Gasteiger partial charge in [0.25, 0.3) is 0 Å². The summed E-state index contributed by atoms with van der Waals surface area (Å²) in [5.74, 6) is 0.966. The summed E-state index contributed by atoms with van der Waals surface area (Å²) in [7, 11) is 0. The van der Waals surface area contributed by atoms with Gasteiger partial charge < -0.3 is 5.32 Å². The van der Waals surface area contributed by atoms with Crippen LogP contribution < -0.4 is 5.32 Å². The molecule has 1 N–H and O–H groups in total. The molecular formula is C16H28N4. The highest BCUT2D eigenvalue weighted by atomic mass is 15.3. The van der Waals surface area contributed by atoms with Crippen LogP contribution in [-0.4, -0.2) is 53.0 Å². The maximum Gasteiger partial charge on any atom is 0.125 e. The van der Waals surface area contributed by atoms with Gasteiger partial charge in [0.2, 0.25) is 0 Å². The second kappa shape index (κ2) is 6.55. The van der Waals surface area contributed by atoms with Gasteiger partial charge in [-0.15, -0.1) is 0 Å². The second-order valence-electron chi connectivity index (χ2n) is 6.52. The first-order valence-electron chi connectivity index (χ1n) is 7.65. The van der Waals surface area contributed by atoms with E-state index in [1.807, 2.05) is 6.20 Å². The standard InChI is InChI=1S/C16H28N4/c1-5-17-15-7-6-14(12-18-15)13-19-8-10-20(11-9-19)16(2,3)4/h6-7,12H,5,8-11,13H2,1-4H3,(H,17,18). The molecule has 112 valence electrons. The van der Waals surface area contributed by atoms with Crippen LogP contribution in [-0.2, 0) is 6.54 Å². The van der Waals surface area contributed by atoms with E-state index in [9.17, 15) is 0 Å². The minimum absolute atomic E-state index is 0.293. The largest absolute Gasteiger partial charge is 0.370 e. The third-order valence-electron chi connectivity index (χ3n) is 3.91.